The van der Waals surface area contributed by atoms with Gasteiger partial charge in [0.15, 0.2) is 0 Å². The van der Waals surface area contributed by atoms with E-state index in [0.717, 1.165) is 36.8 Å². The molecule has 2 aliphatic rings. The Morgan fingerprint density at radius 3 is 2.88 bits per heavy atom. The lowest BCUT2D eigenvalue weighted by molar-refractivity contribution is 0.151. The second-order valence-corrected chi connectivity index (χ2v) is 8.09. The molecule has 0 aromatic carbocycles. The zero-order chi connectivity index (χ0) is 16.4. The zero-order valence-electron chi connectivity index (χ0n) is 14.1. The van der Waals surface area contributed by atoms with Gasteiger partial charge in [0.25, 0.3) is 0 Å². The summed E-state index contributed by atoms with van der Waals surface area (Å²) in [7, 11) is 0. The van der Waals surface area contributed by atoms with Crippen molar-refractivity contribution in [2.45, 2.75) is 38.5 Å². The molecule has 0 bridgehead atoms. The monoisotopic (exact) mass is 346 g/mol. The highest BCUT2D eigenvalue weighted by molar-refractivity contribution is 7.19. The Bertz CT molecular complexity index is 694. The van der Waals surface area contributed by atoms with Crippen LogP contribution in [-0.4, -0.2) is 52.8 Å². The zero-order valence-corrected chi connectivity index (χ0v) is 14.9. The lowest BCUT2D eigenvalue weighted by Crippen LogP contribution is -2.37. The van der Waals surface area contributed by atoms with E-state index in [-0.39, 0.29) is 6.61 Å². The number of hydrogen-bond acceptors (Lipinski definition) is 6. The molecule has 5 nitrogen and oxygen atoms in total. The van der Waals surface area contributed by atoms with Crippen LogP contribution in [0.2, 0.25) is 0 Å². The fourth-order valence-electron chi connectivity index (χ4n) is 4.02. The van der Waals surface area contributed by atoms with Gasteiger partial charge in [-0.1, -0.05) is 0 Å². The molecule has 0 radical (unpaired) electrons. The van der Waals surface area contributed by atoms with Crippen LogP contribution in [0.25, 0.3) is 10.2 Å². The maximum Gasteiger partial charge on any atom is 0.138 e. The minimum absolute atomic E-state index is 0.269. The van der Waals surface area contributed by atoms with E-state index in [2.05, 4.69) is 20.2 Å². The van der Waals surface area contributed by atoms with Crippen LogP contribution in [0.4, 0.5) is 5.82 Å². The van der Waals surface area contributed by atoms with Crippen LogP contribution in [0, 0.1) is 5.92 Å². The number of piperidine rings is 1. The molecule has 130 valence electrons. The number of β-amino-alcohol motifs (C(OH)–C–C–N with tert-alkyl or cyclic N) is 1. The number of anilines is 1. The van der Waals surface area contributed by atoms with Gasteiger partial charge in [-0.25, -0.2) is 9.97 Å². The van der Waals surface area contributed by atoms with Crippen molar-refractivity contribution in [1.82, 2.24) is 14.9 Å². The standard InChI is InChI=1S/C18H26N4OS/c23-10-9-22-7-5-13(6-8-22)11-19-17-16-14-3-1-2-4-15(14)24-18(16)21-12-20-17/h12-13,23H,1-11H2,(H,19,20,21). The van der Waals surface area contributed by atoms with Crippen LogP contribution in [0.3, 0.4) is 0 Å². The third-order valence-corrected chi connectivity index (χ3v) is 6.63. The minimum Gasteiger partial charge on any atom is -0.395 e. The van der Waals surface area contributed by atoms with E-state index < -0.39 is 0 Å². The Morgan fingerprint density at radius 2 is 2.04 bits per heavy atom. The van der Waals surface area contributed by atoms with E-state index in [9.17, 15) is 0 Å². The summed E-state index contributed by atoms with van der Waals surface area (Å²) < 4.78 is 0. The van der Waals surface area contributed by atoms with Crippen molar-refractivity contribution in [3.63, 3.8) is 0 Å². The van der Waals surface area contributed by atoms with E-state index in [1.165, 1.54) is 54.4 Å². The van der Waals surface area contributed by atoms with Gasteiger partial charge in [0.05, 0.1) is 12.0 Å². The van der Waals surface area contributed by atoms with Crippen LogP contribution >= 0.6 is 11.3 Å². The molecule has 1 aliphatic carbocycles. The van der Waals surface area contributed by atoms with Gasteiger partial charge in [-0.15, -0.1) is 11.3 Å². The first-order valence-electron chi connectivity index (χ1n) is 9.17. The number of aryl methyl sites for hydroxylation is 2. The molecule has 3 heterocycles. The summed E-state index contributed by atoms with van der Waals surface area (Å²) in [6.07, 6.45) is 9.08. The van der Waals surface area contributed by atoms with Crippen molar-refractivity contribution in [3.05, 3.63) is 16.8 Å². The van der Waals surface area contributed by atoms with E-state index in [0.29, 0.717) is 5.92 Å². The number of aliphatic hydroxyl groups is 1. The lowest BCUT2D eigenvalue weighted by atomic mass is 9.96. The van der Waals surface area contributed by atoms with Crippen LogP contribution in [-0.2, 0) is 12.8 Å². The summed E-state index contributed by atoms with van der Waals surface area (Å²) >= 11 is 1.86. The molecule has 0 saturated carbocycles. The first kappa shape index (κ1) is 16.2. The fourth-order valence-corrected chi connectivity index (χ4v) is 5.25. The predicted octanol–water partition coefficient (Wildman–Crippen LogP) is 2.69. The van der Waals surface area contributed by atoms with Crippen LogP contribution in [0.15, 0.2) is 6.33 Å². The molecule has 4 rings (SSSR count). The molecule has 2 aromatic rings. The molecule has 2 aromatic heterocycles. The number of nitrogens with one attached hydrogen (secondary N) is 1. The average molecular weight is 347 g/mol. The summed E-state index contributed by atoms with van der Waals surface area (Å²) in [5.41, 5.74) is 1.50. The molecule has 0 spiro atoms. The third kappa shape index (κ3) is 3.27. The van der Waals surface area contributed by atoms with Gasteiger partial charge in [0, 0.05) is 18.0 Å². The number of likely N-dealkylation sites (tertiary alicyclic amines) is 1. The average Bonchev–Trinajstić information content (AvgIpc) is 3.00. The van der Waals surface area contributed by atoms with Gasteiger partial charge in [0.1, 0.15) is 17.0 Å². The molecule has 24 heavy (non-hydrogen) atoms. The molecule has 2 N–H and O–H groups in total. The summed E-state index contributed by atoms with van der Waals surface area (Å²) in [6, 6.07) is 0. The normalized spacial score (nSPS) is 19.5. The SMILES string of the molecule is OCCN1CCC(CNc2ncnc3sc4c(c23)CCCC4)CC1. The highest BCUT2D eigenvalue weighted by atomic mass is 32.1. The Labute approximate surface area is 147 Å². The second kappa shape index (κ2) is 7.33. The second-order valence-electron chi connectivity index (χ2n) is 7.00. The topological polar surface area (TPSA) is 61.3 Å². The Hall–Kier alpha value is -1.24. The summed E-state index contributed by atoms with van der Waals surface area (Å²) in [5, 5.41) is 14.0. The quantitative estimate of drug-likeness (QED) is 0.872. The van der Waals surface area contributed by atoms with Crippen molar-refractivity contribution in [2.75, 3.05) is 38.1 Å². The molecule has 1 fully saturated rings. The van der Waals surface area contributed by atoms with Crippen molar-refractivity contribution in [2.24, 2.45) is 5.92 Å². The Morgan fingerprint density at radius 1 is 1.21 bits per heavy atom. The third-order valence-electron chi connectivity index (χ3n) is 5.43. The molecule has 0 amide bonds. The number of hydrogen-bond donors (Lipinski definition) is 2. The number of nitrogens with zero attached hydrogens (tertiary/aromatic N) is 3. The summed E-state index contributed by atoms with van der Waals surface area (Å²) in [5.74, 6) is 1.73. The van der Waals surface area contributed by atoms with Gasteiger partial charge in [-0.3, -0.25) is 0 Å². The van der Waals surface area contributed by atoms with Gasteiger partial charge in [0.2, 0.25) is 0 Å². The number of rotatable bonds is 5. The lowest BCUT2D eigenvalue weighted by Gasteiger charge is -2.31. The highest BCUT2D eigenvalue weighted by Crippen LogP contribution is 2.38. The first-order chi connectivity index (χ1) is 11.8. The Balaban J connectivity index is 1.44. The van der Waals surface area contributed by atoms with E-state index in [1.54, 1.807) is 6.33 Å². The molecule has 1 saturated heterocycles. The van der Waals surface area contributed by atoms with Crippen molar-refractivity contribution in [3.8, 4) is 0 Å². The minimum atomic E-state index is 0.269. The number of aromatic nitrogens is 2. The van der Waals surface area contributed by atoms with Gasteiger partial charge >= 0.3 is 0 Å². The molecular weight excluding hydrogens is 320 g/mol. The number of aliphatic hydroxyl groups excluding tert-OH is 1. The summed E-state index contributed by atoms with van der Waals surface area (Å²) in [6.45, 7) is 4.27. The maximum atomic E-state index is 9.05. The number of fused-ring (bicyclic) bond motifs is 3. The number of thiophene rings is 1. The summed E-state index contributed by atoms with van der Waals surface area (Å²) in [4.78, 5) is 14.1. The molecule has 0 atom stereocenters. The van der Waals surface area contributed by atoms with Crippen LogP contribution in [0.1, 0.15) is 36.1 Å². The van der Waals surface area contributed by atoms with E-state index in [1.807, 2.05) is 11.3 Å². The van der Waals surface area contributed by atoms with Crippen molar-refractivity contribution >= 4 is 27.4 Å². The Kier molecular flexibility index (Phi) is 4.96. The van der Waals surface area contributed by atoms with E-state index in [4.69, 9.17) is 5.11 Å². The molecular formula is C18H26N4OS. The van der Waals surface area contributed by atoms with Crippen molar-refractivity contribution in [1.29, 1.82) is 0 Å². The molecule has 0 unspecified atom stereocenters. The van der Waals surface area contributed by atoms with Crippen LogP contribution in [0.5, 0.6) is 0 Å². The molecule has 1 aliphatic heterocycles. The van der Waals surface area contributed by atoms with Crippen molar-refractivity contribution < 1.29 is 5.11 Å². The van der Waals surface area contributed by atoms with E-state index >= 15 is 0 Å². The first-order valence-corrected chi connectivity index (χ1v) is 9.99. The fraction of sp³-hybridized carbons (Fsp3) is 0.667. The largest absolute Gasteiger partial charge is 0.395 e. The van der Waals surface area contributed by atoms with Crippen LogP contribution < -0.4 is 5.32 Å². The predicted molar refractivity (Wildman–Crippen MR) is 98.8 cm³/mol. The van der Waals surface area contributed by atoms with Gasteiger partial charge in [-0.2, -0.15) is 0 Å². The maximum absolute atomic E-state index is 9.05. The smallest absolute Gasteiger partial charge is 0.138 e. The molecule has 6 heteroatoms. The highest BCUT2D eigenvalue weighted by Gasteiger charge is 2.22. The van der Waals surface area contributed by atoms with Gasteiger partial charge in [-0.05, 0) is 63.1 Å². The van der Waals surface area contributed by atoms with Gasteiger partial charge < -0.3 is 15.3 Å².